The molecule has 0 radical (unpaired) electrons. The number of anilines is 1. The summed E-state index contributed by atoms with van der Waals surface area (Å²) in [4.78, 5) is 0. The van der Waals surface area contributed by atoms with Crippen molar-refractivity contribution in [3.63, 3.8) is 0 Å². The fourth-order valence-corrected chi connectivity index (χ4v) is 1.95. The minimum absolute atomic E-state index is 0.616. The fourth-order valence-electron chi connectivity index (χ4n) is 1.95. The summed E-state index contributed by atoms with van der Waals surface area (Å²) in [6.07, 6.45) is 7.35. The molecule has 1 aromatic carbocycles. The zero-order valence-electron chi connectivity index (χ0n) is 10.6. The van der Waals surface area contributed by atoms with E-state index in [0.29, 0.717) is 0 Å². The highest BCUT2D eigenvalue weighted by Gasteiger charge is 2.32. The van der Waals surface area contributed by atoms with Gasteiger partial charge in [0.2, 0.25) is 0 Å². The first-order valence-electron chi connectivity index (χ1n) is 5.69. The molecule has 0 fully saturated rings. The molecule has 4 heteroatoms. The summed E-state index contributed by atoms with van der Waals surface area (Å²) >= 11 is 0. The summed E-state index contributed by atoms with van der Waals surface area (Å²) in [6.45, 7) is 0. The fraction of sp³-hybridized carbons (Fsp3) is 0.286. The molecule has 0 heterocycles. The molecule has 1 aliphatic rings. The molecule has 0 aliphatic heterocycles. The Kier molecular flexibility index (Phi) is 3.26. The maximum absolute atomic E-state index is 5.96. The van der Waals surface area contributed by atoms with Crippen LogP contribution in [0, 0.1) is 0 Å². The number of benzene rings is 1. The Morgan fingerprint density at radius 3 is 1.89 bits per heavy atom. The van der Waals surface area contributed by atoms with Crippen molar-refractivity contribution < 1.29 is 9.47 Å². The van der Waals surface area contributed by atoms with E-state index >= 15 is 0 Å². The van der Waals surface area contributed by atoms with Gasteiger partial charge in [0.25, 0.3) is 0 Å². The molecule has 96 valence electrons. The Labute approximate surface area is 107 Å². The molecule has 0 saturated carbocycles. The highest BCUT2D eigenvalue weighted by molar-refractivity contribution is 5.45. The highest BCUT2D eigenvalue weighted by atomic mass is 16.5. The molecule has 0 aromatic heterocycles. The number of hydrogen-bond donors (Lipinski definition) is 2. The molecular formula is C14H18N2O2. The smallest absolute Gasteiger partial charge is 0.154 e. The van der Waals surface area contributed by atoms with Crippen LogP contribution in [0.15, 0.2) is 48.6 Å². The summed E-state index contributed by atoms with van der Waals surface area (Å²) in [6, 6.07) is 7.56. The van der Waals surface area contributed by atoms with Gasteiger partial charge in [-0.2, -0.15) is 0 Å². The van der Waals surface area contributed by atoms with Gasteiger partial charge in [-0.1, -0.05) is 12.1 Å². The van der Waals surface area contributed by atoms with Crippen molar-refractivity contribution in [1.82, 2.24) is 0 Å². The van der Waals surface area contributed by atoms with E-state index in [1.165, 1.54) is 0 Å². The van der Waals surface area contributed by atoms with Crippen LogP contribution in [-0.4, -0.2) is 19.9 Å². The van der Waals surface area contributed by atoms with E-state index in [-0.39, 0.29) is 0 Å². The van der Waals surface area contributed by atoms with Crippen molar-refractivity contribution in [2.75, 3.05) is 20.0 Å². The van der Waals surface area contributed by atoms with E-state index in [4.69, 9.17) is 20.9 Å². The Morgan fingerprint density at radius 2 is 1.44 bits per heavy atom. The van der Waals surface area contributed by atoms with Gasteiger partial charge in [0.05, 0.1) is 0 Å². The van der Waals surface area contributed by atoms with Crippen molar-refractivity contribution in [3.8, 4) is 0 Å². The zero-order chi connectivity index (χ0) is 13.2. The van der Waals surface area contributed by atoms with Crippen LogP contribution in [0.2, 0.25) is 0 Å². The van der Waals surface area contributed by atoms with Gasteiger partial charge in [0.1, 0.15) is 5.60 Å². The largest absolute Gasteiger partial charge is 0.399 e. The second-order valence-electron chi connectivity index (χ2n) is 4.34. The van der Waals surface area contributed by atoms with Gasteiger partial charge >= 0.3 is 0 Å². The molecule has 4 N–H and O–H groups in total. The van der Waals surface area contributed by atoms with Crippen molar-refractivity contribution in [1.29, 1.82) is 0 Å². The lowest BCUT2D eigenvalue weighted by Gasteiger charge is -2.33. The van der Waals surface area contributed by atoms with E-state index in [1.807, 2.05) is 36.4 Å². The molecule has 0 atom stereocenters. The Morgan fingerprint density at radius 1 is 0.889 bits per heavy atom. The third kappa shape index (κ3) is 2.18. The van der Waals surface area contributed by atoms with Gasteiger partial charge < -0.3 is 15.2 Å². The minimum Gasteiger partial charge on any atom is -0.399 e. The second kappa shape index (κ2) is 4.57. The van der Waals surface area contributed by atoms with Crippen molar-refractivity contribution in [2.45, 2.75) is 11.3 Å². The van der Waals surface area contributed by atoms with Crippen LogP contribution in [0.1, 0.15) is 5.56 Å². The molecule has 0 saturated heterocycles. The lowest BCUT2D eigenvalue weighted by molar-refractivity contribution is 0.0462. The summed E-state index contributed by atoms with van der Waals surface area (Å²) in [7, 11) is 3.22. The number of methoxy groups -OCH3 is 2. The second-order valence-corrected chi connectivity index (χ2v) is 4.34. The molecule has 0 unspecified atom stereocenters. The SMILES string of the molecule is COC1(N)C=CC(OC)(c2ccc(N)cc2)C=C1. The minimum atomic E-state index is -0.865. The first-order chi connectivity index (χ1) is 8.53. The van der Waals surface area contributed by atoms with Crippen LogP contribution in [0.4, 0.5) is 5.69 Å². The summed E-state index contributed by atoms with van der Waals surface area (Å²) in [5.41, 5.74) is 11.9. The number of nitrogens with two attached hydrogens (primary N) is 2. The third-order valence-electron chi connectivity index (χ3n) is 3.24. The van der Waals surface area contributed by atoms with Crippen molar-refractivity contribution in [3.05, 3.63) is 54.1 Å². The molecule has 0 amide bonds. The van der Waals surface area contributed by atoms with Gasteiger partial charge in [-0.05, 0) is 42.0 Å². The number of hydrogen-bond acceptors (Lipinski definition) is 4. The zero-order valence-corrected chi connectivity index (χ0v) is 10.6. The lowest BCUT2D eigenvalue weighted by atomic mass is 9.87. The van der Waals surface area contributed by atoms with E-state index in [9.17, 15) is 0 Å². The van der Waals surface area contributed by atoms with Gasteiger partial charge in [0.15, 0.2) is 5.72 Å². The molecule has 1 aromatic rings. The molecule has 0 spiro atoms. The molecular weight excluding hydrogens is 228 g/mol. The predicted octanol–water partition coefficient (Wildman–Crippen LogP) is 1.54. The van der Waals surface area contributed by atoms with Crippen LogP contribution in [0.3, 0.4) is 0 Å². The van der Waals surface area contributed by atoms with Gasteiger partial charge in [-0.3, -0.25) is 5.73 Å². The average Bonchev–Trinajstić information content (AvgIpc) is 2.41. The molecule has 4 nitrogen and oxygen atoms in total. The van der Waals surface area contributed by atoms with E-state index in [1.54, 1.807) is 26.4 Å². The first-order valence-corrected chi connectivity index (χ1v) is 5.69. The van der Waals surface area contributed by atoms with Crippen molar-refractivity contribution >= 4 is 5.69 Å². The lowest BCUT2D eigenvalue weighted by Crippen LogP contribution is -2.41. The third-order valence-corrected chi connectivity index (χ3v) is 3.24. The molecule has 1 aliphatic carbocycles. The van der Waals surface area contributed by atoms with E-state index in [0.717, 1.165) is 11.3 Å². The van der Waals surface area contributed by atoms with Crippen LogP contribution in [-0.2, 0) is 15.1 Å². The summed E-state index contributed by atoms with van der Waals surface area (Å²) < 4.78 is 10.8. The van der Waals surface area contributed by atoms with Gasteiger partial charge in [-0.15, -0.1) is 0 Å². The summed E-state index contributed by atoms with van der Waals surface area (Å²) in [5, 5.41) is 0. The van der Waals surface area contributed by atoms with Gasteiger partial charge in [-0.25, -0.2) is 0 Å². The number of ether oxygens (including phenoxy) is 2. The maximum atomic E-state index is 5.96. The number of rotatable bonds is 3. The van der Waals surface area contributed by atoms with Crippen LogP contribution >= 0.6 is 0 Å². The molecule has 18 heavy (non-hydrogen) atoms. The monoisotopic (exact) mass is 246 g/mol. The quantitative estimate of drug-likeness (QED) is 0.482. The average molecular weight is 246 g/mol. The topological polar surface area (TPSA) is 70.5 Å². The maximum Gasteiger partial charge on any atom is 0.154 e. The van der Waals surface area contributed by atoms with Crippen LogP contribution in [0.5, 0.6) is 0 Å². The predicted molar refractivity (Wildman–Crippen MR) is 71.7 cm³/mol. The Bertz CT molecular complexity index is 463. The summed E-state index contributed by atoms with van der Waals surface area (Å²) in [5.74, 6) is 0. The molecule has 2 rings (SSSR count). The Balaban J connectivity index is 2.38. The van der Waals surface area contributed by atoms with Crippen molar-refractivity contribution in [2.24, 2.45) is 5.73 Å². The highest BCUT2D eigenvalue weighted by Crippen LogP contribution is 2.33. The van der Waals surface area contributed by atoms with Crippen LogP contribution in [0.25, 0.3) is 0 Å². The van der Waals surface area contributed by atoms with Gasteiger partial charge in [0, 0.05) is 19.9 Å². The van der Waals surface area contributed by atoms with E-state index < -0.39 is 11.3 Å². The standard InChI is InChI=1S/C14H18N2O2/c1-17-13(11-3-5-12(15)6-4-11)7-9-14(16,18-2)10-8-13/h3-10H,15-16H2,1-2H3. The normalized spacial score (nSPS) is 30.6. The Hall–Kier alpha value is -1.62. The first kappa shape index (κ1) is 12.8. The number of nitrogen functional groups attached to an aromatic ring is 1. The van der Waals surface area contributed by atoms with Crippen LogP contribution < -0.4 is 11.5 Å². The molecule has 0 bridgehead atoms. The van der Waals surface area contributed by atoms with E-state index in [2.05, 4.69) is 0 Å².